The SMILES string of the molecule is CN(C(=O)O)[C@H]1CCN(C(c2ccc(Cl)nc2)C(F)(F)F)C1. The third kappa shape index (κ3) is 3.61. The van der Waals surface area contributed by atoms with E-state index in [1.165, 1.54) is 24.1 Å². The summed E-state index contributed by atoms with van der Waals surface area (Å²) < 4.78 is 40.2. The van der Waals surface area contributed by atoms with Gasteiger partial charge in [0.15, 0.2) is 0 Å². The molecule has 2 atom stereocenters. The lowest BCUT2D eigenvalue weighted by atomic mass is 10.1. The van der Waals surface area contributed by atoms with Crippen LogP contribution in [0.25, 0.3) is 0 Å². The molecule has 2 rings (SSSR count). The molecule has 0 spiro atoms. The monoisotopic (exact) mass is 337 g/mol. The first-order valence-corrected chi connectivity index (χ1v) is 6.96. The molecule has 1 amide bonds. The maximum absolute atomic E-state index is 13.4. The van der Waals surface area contributed by atoms with Crippen molar-refractivity contribution < 1.29 is 23.1 Å². The molecule has 2 heterocycles. The molecular weight excluding hydrogens is 323 g/mol. The molecule has 1 fully saturated rings. The Kier molecular flexibility index (Phi) is 4.81. The fourth-order valence-corrected chi connectivity index (χ4v) is 2.74. The van der Waals surface area contributed by atoms with Gasteiger partial charge in [-0.2, -0.15) is 13.2 Å². The minimum absolute atomic E-state index is 0.00414. The van der Waals surface area contributed by atoms with Gasteiger partial charge in [-0.05, 0) is 18.1 Å². The van der Waals surface area contributed by atoms with Gasteiger partial charge in [0.2, 0.25) is 0 Å². The van der Waals surface area contributed by atoms with Crippen molar-refractivity contribution in [2.24, 2.45) is 0 Å². The van der Waals surface area contributed by atoms with E-state index in [1.807, 2.05) is 0 Å². The van der Waals surface area contributed by atoms with Crippen LogP contribution >= 0.6 is 11.6 Å². The van der Waals surface area contributed by atoms with Crippen LogP contribution in [0.4, 0.5) is 18.0 Å². The second kappa shape index (κ2) is 6.29. The predicted molar refractivity (Wildman–Crippen MR) is 73.8 cm³/mol. The number of likely N-dealkylation sites (N-methyl/N-ethyl adjacent to an activating group) is 1. The van der Waals surface area contributed by atoms with Crippen molar-refractivity contribution in [3.63, 3.8) is 0 Å². The first-order valence-electron chi connectivity index (χ1n) is 6.58. The normalized spacial score (nSPS) is 20.9. The molecule has 0 bridgehead atoms. The number of carboxylic acid groups (broad SMARTS) is 1. The van der Waals surface area contributed by atoms with Gasteiger partial charge in [0.05, 0.1) is 0 Å². The molecule has 1 unspecified atom stereocenters. The van der Waals surface area contributed by atoms with Gasteiger partial charge >= 0.3 is 12.3 Å². The average Bonchev–Trinajstić information content (AvgIpc) is 2.88. The zero-order valence-corrected chi connectivity index (χ0v) is 12.5. The molecule has 5 nitrogen and oxygen atoms in total. The van der Waals surface area contributed by atoms with E-state index in [4.69, 9.17) is 16.7 Å². The van der Waals surface area contributed by atoms with Gasteiger partial charge in [0, 0.05) is 32.4 Å². The van der Waals surface area contributed by atoms with E-state index < -0.39 is 24.4 Å². The zero-order valence-electron chi connectivity index (χ0n) is 11.7. The van der Waals surface area contributed by atoms with E-state index >= 15 is 0 Å². The third-order valence-corrected chi connectivity index (χ3v) is 4.01. The fourth-order valence-electron chi connectivity index (χ4n) is 2.63. The highest BCUT2D eigenvalue weighted by molar-refractivity contribution is 6.29. The first-order chi connectivity index (χ1) is 10.2. The summed E-state index contributed by atoms with van der Waals surface area (Å²) in [4.78, 5) is 16.9. The minimum Gasteiger partial charge on any atom is -0.465 e. The molecule has 1 saturated heterocycles. The van der Waals surface area contributed by atoms with Crippen molar-refractivity contribution in [2.45, 2.75) is 24.7 Å². The summed E-state index contributed by atoms with van der Waals surface area (Å²) in [6.45, 7) is 0.185. The molecule has 9 heteroatoms. The second-order valence-corrected chi connectivity index (χ2v) is 5.58. The molecule has 1 aliphatic heterocycles. The number of aromatic nitrogens is 1. The quantitative estimate of drug-likeness (QED) is 0.861. The predicted octanol–water partition coefficient (Wildman–Crippen LogP) is 3.02. The van der Waals surface area contributed by atoms with Gasteiger partial charge in [-0.3, -0.25) is 4.90 Å². The highest BCUT2D eigenvalue weighted by Gasteiger charge is 2.47. The van der Waals surface area contributed by atoms with E-state index in [0.29, 0.717) is 6.42 Å². The maximum atomic E-state index is 13.4. The molecule has 1 N–H and O–H groups in total. The maximum Gasteiger partial charge on any atom is 0.408 e. The number of rotatable bonds is 3. The van der Waals surface area contributed by atoms with Crippen molar-refractivity contribution in [1.29, 1.82) is 0 Å². The number of amides is 1. The number of alkyl halides is 3. The van der Waals surface area contributed by atoms with Gasteiger partial charge in [0.1, 0.15) is 11.2 Å². The molecule has 22 heavy (non-hydrogen) atoms. The molecule has 0 aromatic carbocycles. The standard InChI is InChI=1S/C13H15ClF3N3O2/c1-19(12(21)22)9-4-5-20(7-9)11(13(15,16)17)8-2-3-10(14)18-6-8/h2-3,6,9,11H,4-5,7H2,1H3,(H,21,22)/t9-,11?/m0/s1. The van der Waals surface area contributed by atoms with Crippen LogP contribution in [0.5, 0.6) is 0 Å². The molecular formula is C13H15ClF3N3O2. The lowest BCUT2D eigenvalue weighted by molar-refractivity contribution is -0.184. The van der Waals surface area contributed by atoms with Crippen molar-refractivity contribution in [1.82, 2.24) is 14.8 Å². The summed E-state index contributed by atoms with van der Waals surface area (Å²) in [5.41, 5.74) is -0.00414. The Labute approximate surface area is 130 Å². The Morgan fingerprint density at radius 3 is 2.73 bits per heavy atom. The van der Waals surface area contributed by atoms with Crippen molar-refractivity contribution in [3.05, 3.63) is 29.0 Å². The van der Waals surface area contributed by atoms with Crippen LogP contribution in [0.15, 0.2) is 18.3 Å². The lowest BCUT2D eigenvalue weighted by Gasteiger charge is -2.30. The van der Waals surface area contributed by atoms with Gasteiger partial charge < -0.3 is 10.0 Å². The number of likely N-dealkylation sites (tertiary alicyclic amines) is 1. The summed E-state index contributed by atoms with van der Waals surface area (Å²) in [6.07, 6.45) is -4.17. The lowest BCUT2D eigenvalue weighted by Crippen LogP contribution is -2.41. The number of carbonyl (C=O) groups is 1. The van der Waals surface area contributed by atoms with Crippen LogP contribution in [0.1, 0.15) is 18.0 Å². The Bertz CT molecular complexity index is 538. The van der Waals surface area contributed by atoms with Crippen molar-refractivity contribution in [2.75, 3.05) is 20.1 Å². The average molecular weight is 338 g/mol. The molecule has 0 radical (unpaired) electrons. The fraction of sp³-hybridized carbons (Fsp3) is 0.538. The molecule has 122 valence electrons. The molecule has 1 aliphatic rings. The zero-order chi connectivity index (χ0) is 16.5. The molecule has 0 aliphatic carbocycles. The second-order valence-electron chi connectivity index (χ2n) is 5.19. The molecule has 0 saturated carbocycles. The molecule has 1 aromatic heterocycles. The van der Waals surface area contributed by atoms with Gasteiger partial charge in [-0.15, -0.1) is 0 Å². The number of nitrogens with zero attached hydrogens (tertiary/aromatic N) is 3. The first kappa shape index (κ1) is 16.8. The Morgan fingerprint density at radius 1 is 1.55 bits per heavy atom. The van der Waals surface area contributed by atoms with Crippen molar-refractivity contribution >= 4 is 17.7 Å². The Hall–Kier alpha value is -1.54. The van der Waals surface area contributed by atoms with E-state index in [1.54, 1.807) is 0 Å². The number of pyridine rings is 1. The van der Waals surface area contributed by atoms with E-state index in [0.717, 1.165) is 11.1 Å². The summed E-state index contributed by atoms with van der Waals surface area (Å²) >= 11 is 5.61. The number of hydrogen-bond donors (Lipinski definition) is 1. The highest BCUT2D eigenvalue weighted by Crippen LogP contribution is 2.39. The topological polar surface area (TPSA) is 56.7 Å². The van der Waals surface area contributed by atoms with Crippen LogP contribution in [0, 0.1) is 0 Å². The Morgan fingerprint density at radius 2 is 2.23 bits per heavy atom. The van der Waals surface area contributed by atoms with Crippen LogP contribution in [-0.4, -0.2) is 58.3 Å². The summed E-state index contributed by atoms with van der Waals surface area (Å²) in [5.74, 6) is 0. The van der Waals surface area contributed by atoms with Gasteiger partial charge in [0.25, 0.3) is 0 Å². The van der Waals surface area contributed by atoms with Crippen LogP contribution < -0.4 is 0 Å². The van der Waals surface area contributed by atoms with Gasteiger partial charge in [-0.25, -0.2) is 9.78 Å². The highest BCUT2D eigenvalue weighted by atomic mass is 35.5. The summed E-state index contributed by atoms with van der Waals surface area (Å²) in [7, 11) is 1.36. The van der Waals surface area contributed by atoms with Gasteiger partial charge in [-0.1, -0.05) is 17.7 Å². The number of halogens is 4. The summed E-state index contributed by atoms with van der Waals surface area (Å²) in [6, 6.07) is 0.334. The minimum atomic E-state index is -4.48. The third-order valence-electron chi connectivity index (χ3n) is 3.79. The Balaban J connectivity index is 2.21. The smallest absolute Gasteiger partial charge is 0.408 e. The van der Waals surface area contributed by atoms with Crippen LogP contribution in [-0.2, 0) is 0 Å². The van der Waals surface area contributed by atoms with Crippen molar-refractivity contribution in [3.8, 4) is 0 Å². The van der Waals surface area contributed by atoms with E-state index in [9.17, 15) is 18.0 Å². The largest absolute Gasteiger partial charge is 0.465 e. The summed E-state index contributed by atoms with van der Waals surface area (Å²) in [5, 5.41) is 9.06. The number of hydrogen-bond acceptors (Lipinski definition) is 3. The molecule has 1 aromatic rings. The van der Waals surface area contributed by atoms with Crippen LogP contribution in [0.3, 0.4) is 0 Å². The van der Waals surface area contributed by atoms with Crippen LogP contribution in [0.2, 0.25) is 5.15 Å². The van der Waals surface area contributed by atoms with E-state index in [-0.39, 0.29) is 23.8 Å². The van der Waals surface area contributed by atoms with E-state index in [2.05, 4.69) is 4.98 Å².